The highest BCUT2D eigenvalue weighted by Crippen LogP contribution is 2.36. The summed E-state index contributed by atoms with van der Waals surface area (Å²) in [5.41, 5.74) is 2.52. The van der Waals surface area contributed by atoms with Crippen molar-refractivity contribution in [2.45, 2.75) is 50.7 Å². The summed E-state index contributed by atoms with van der Waals surface area (Å²) in [6, 6.07) is 17.4. The summed E-state index contributed by atoms with van der Waals surface area (Å²) in [6.45, 7) is 1.94. The molecule has 2 aliphatic heterocycles. The molecule has 25 heavy (non-hydrogen) atoms. The quantitative estimate of drug-likeness (QED) is 0.860. The topological polar surface area (TPSA) is 30.5 Å². The maximum atomic E-state index is 6.21. The van der Waals surface area contributed by atoms with Crippen LogP contribution in [0.3, 0.4) is 0 Å². The van der Waals surface area contributed by atoms with E-state index in [-0.39, 0.29) is 6.10 Å². The third kappa shape index (κ3) is 4.16. The molecule has 2 atom stereocenters. The van der Waals surface area contributed by atoms with Crippen LogP contribution in [0.2, 0.25) is 0 Å². The zero-order valence-corrected chi connectivity index (χ0v) is 14.7. The maximum Gasteiger partial charge on any atom is 0.124 e. The smallest absolute Gasteiger partial charge is 0.124 e. The van der Waals surface area contributed by atoms with E-state index in [2.05, 4.69) is 41.7 Å². The van der Waals surface area contributed by atoms with E-state index >= 15 is 0 Å². The van der Waals surface area contributed by atoms with E-state index in [1.165, 1.54) is 30.4 Å². The Balaban J connectivity index is 1.33. The molecule has 0 aliphatic carbocycles. The van der Waals surface area contributed by atoms with Gasteiger partial charge in [-0.05, 0) is 68.0 Å². The standard InChI is InChI=1S/C22H27NO2/c1-2-6-17(7-3-1)21-11-9-18-16-20(10-12-22(18)25-21)24-15-13-19-8-4-5-14-23-19/h1-3,6-7,10,12,16,19,21,23H,4-5,8-9,11,13-15H2. The van der Waals surface area contributed by atoms with E-state index < -0.39 is 0 Å². The molecule has 0 aromatic heterocycles. The van der Waals surface area contributed by atoms with Gasteiger partial charge in [0.05, 0.1) is 6.61 Å². The first-order valence-electron chi connectivity index (χ1n) is 9.59. The number of nitrogens with one attached hydrogen (secondary N) is 1. The molecule has 2 aromatic carbocycles. The number of aryl methyl sites for hydroxylation is 1. The molecule has 1 N–H and O–H groups in total. The Kier molecular flexibility index (Phi) is 5.22. The first-order valence-corrected chi connectivity index (χ1v) is 9.59. The second kappa shape index (κ2) is 7.92. The molecular formula is C22H27NO2. The highest BCUT2D eigenvalue weighted by molar-refractivity contribution is 5.42. The molecule has 1 saturated heterocycles. The van der Waals surface area contributed by atoms with Crippen LogP contribution in [0.4, 0.5) is 0 Å². The van der Waals surface area contributed by atoms with Crippen molar-refractivity contribution in [3.63, 3.8) is 0 Å². The van der Waals surface area contributed by atoms with Gasteiger partial charge >= 0.3 is 0 Å². The number of fused-ring (bicyclic) bond motifs is 1. The zero-order valence-electron chi connectivity index (χ0n) is 14.7. The molecule has 0 amide bonds. The lowest BCUT2D eigenvalue weighted by Gasteiger charge is -2.27. The van der Waals surface area contributed by atoms with Gasteiger partial charge in [-0.15, -0.1) is 0 Å². The lowest BCUT2D eigenvalue weighted by atomic mass is 9.97. The van der Waals surface area contributed by atoms with Crippen LogP contribution in [0, 0.1) is 0 Å². The summed E-state index contributed by atoms with van der Waals surface area (Å²) in [4.78, 5) is 0. The van der Waals surface area contributed by atoms with E-state index in [1.807, 2.05) is 12.1 Å². The maximum absolute atomic E-state index is 6.21. The van der Waals surface area contributed by atoms with Crippen molar-refractivity contribution in [3.8, 4) is 11.5 Å². The summed E-state index contributed by atoms with van der Waals surface area (Å²) in [6.07, 6.45) is 7.25. The third-order valence-electron chi connectivity index (χ3n) is 5.30. The van der Waals surface area contributed by atoms with Crippen molar-refractivity contribution in [2.75, 3.05) is 13.2 Å². The van der Waals surface area contributed by atoms with Gasteiger partial charge in [-0.1, -0.05) is 36.8 Å². The number of hydrogen-bond donors (Lipinski definition) is 1. The Hall–Kier alpha value is -2.00. The van der Waals surface area contributed by atoms with Gasteiger partial charge in [0.15, 0.2) is 0 Å². The predicted octanol–water partition coefficient (Wildman–Crippen LogP) is 4.66. The Labute approximate surface area is 150 Å². The van der Waals surface area contributed by atoms with E-state index in [0.29, 0.717) is 6.04 Å². The van der Waals surface area contributed by atoms with Crippen LogP contribution in [-0.4, -0.2) is 19.2 Å². The van der Waals surface area contributed by atoms with Gasteiger partial charge in [-0.2, -0.15) is 0 Å². The number of piperidine rings is 1. The van der Waals surface area contributed by atoms with Crippen LogP contribution in [0.5, 0.6) is 11.5 Å². The number of ether oxygens (including phenoxy) is 2. The lowest BCUT2D eigenvalue weighted by molar-refractivity contribution is 0.176. The Morgan fingerprint density at radius 3 is 2.80 bits per heavy atom. The Morgan fingerprint density at radius 1 is 1.04 bits per heavy atom. The molecule has 0 bridgehead atoms. The van der Waals surface area contributed by atoms with E-state index in [4.69, 9.17) is 9.47 Å². The van der Waals surface area contributed by atoms with Crippen LogP contribution in [0.1, 0.15) is 49.3 Å². The molecule has 0 spiro atoms. The number of benzene rings is 2. The molecule has 2 unspecified atom stereocenters. The van der Waals surface area contributed by atoms with Crippen molar-refractivity contribution in [2.24, 2.45) is 0 Å². The molecule has 2 heterocycles. The molecule has 1 fully saturated rings. The zero-order chi connectivity index (χ0) is 16.9. The second-order valence-electron chi connectivity index (χ2n) is 7.11. The van der Waals surface area contributed by atoms with Crippen LogP contribution in [-0.2, 0) is 6.42 Å². The van der Waals surface area contributed by atoms with Gasteiger partial charge in [-0.3, -0.25) is 0 Å². The molecule has 4 rings (SSSR count). The fraction of sp³-hybridized carbons (Fsp3) is 0.455. The molecule has 0 saturated carbocycles. The van der Waals surface area contributed by atoms with E-state index in [9.17, 15) is 0 Å². The third-order valence-corrected chi connectivity index (χ3v) is 5.30. The van der Waals surface area contributed by atoms with Gasteiger partial charge < -0.3 is 14.8 Å². The predicted molar refractivity (Wildman–Crippen MR) is 100 cm³/mol. The molecule has 3 heteroatoms. The van der Waals surface area contributed by atoms with Crippen molar-refractivity contribution in [1.82, 2.24) is 5.32 Å². The summed E-state index contributed by atoms with van der Waals surface area (Å²) in [7, 11) is 0. The minimum Gasteiger partial charge on any atom is -0.494 e. The van der Waals surface area contributed by atoms with Gasteiger partial charge in [0, 0.05) is 6.04 Å². The fourth-order valence-electron chi connectivity index (χ4n) is 3.85. The average molecular weight is 337 g/mol. The first kappa shape index (κ1) is 16.5. The number of rotatable bonds is 5. The van der Waals surface area contributed by atoms with Crippen LogP contribution >= 0.6 is 0 Å². The van der Waals surface area contributed by atoms with E-state index in [0.717, 1.165) is 43.9 Å². The summed E-state index contributed by atoms with van der Waals surface area (Å²) in [5, 5.41) is 3.58. The molecule has 132 valence electrons. The van der Waals surface area contributed by atoms with Crippen LogP contribution in [0.15, 0.2) is 48.5 Å². The van der Waals surface area contributed by atoms with Gasteiger partial charge in [0.2, 0.25) is 0 Å². The SMILES string of the molecule is c1ccc(C2CCc3cc(OCCC4CCCCN4)ccc3O2)cc1. The Bertz CT molecular complexity index is 680. The van der Waals surface area contributed by atoms with Crippen molar-refractivity contribution < 1.29 is 9.47 Å². The average Bonchev–Trinajstić information content (AvgIpc) is 2.69. The van der Waals surface area contributed by atoms with Crippen molar-refractivity contribution in [3.05, 3.63) is 59.7 Å². The largest absolute Gasteiger partial charge is 0.494 e. The molecule has 2 aliphatic rings. The monoisotopic (exact) mass is 337 g/mol. The highest BCUT2D eigenvalue weighted by Gasteiger charge is 2.21. The molecule has 2 aromatic rings. The summed E-state index contributed by atoms with van der Waals surface area (Å²) in [5.74, 6) is 1.97. The van der Waals surface area contributed by atoms with Crippen LogP contribution < -0.4 is 14.8 Å². The molecule has 0 radical (unpaired) electrons. The van der Waals surface area contributed by atoms with Gasteiger partial charge in [0.1, 0.15) is 17.6 Å². The number of hydrogen-bond acceptors (Lipinski definition) is 3. The minimum atomic E-state index is 0.165. The van der Waals surface area contributed by atoms with Crippen molar-refractivity contribution in [1.29, 1.82) is 0 Å². The van der Waals surface area contributed by atoms with Crippen LogP contribution in [0.25, 0.3) is 0 Å². The second-order valence-corrected chi connectivity index (χ2v) is 7.11. The summed E-state index contributed by atoms with van der Waals surface area (Å²) < 4.78 is 12.2. The Morgan fingerprint density at radius 2 is 1.96 bits per heavy atom. The summed E-state index contributed by atoms with van der Waals surface area (Å²) >= 11 is 0. The lowest BCUT2D eigenvalue weighted by Crippen LogP contribution is -2.35. The van der Waals surface area contributed by atoms with Gasteiger partial charge in [0.25, 0.3) is 0 Å². The van der Waals surface area contributed by atoms with Crippen molar-refractivity contribution >= 4 is 0 Å². The van der Waals surface area contributed by atoms with Gasteiger partial charge in [-0.25, -0.2) is 0 Å². The fourth-order valence-corrected chi connectivity index (χ4v) is 3.85. The first-order chi connectivity index (χ1) is 12.4. The minimum absolute atomic E-state index is 0.165. The molecule has 3 nitrogen and oxygen atoms in total. The highest BCUT2D eigenvalue weighted by atomic mass is 16.5. The van der Waals surface area contributed by atoms with E-state index in [1.54, 1.807) is 0 Å². The normalized spacial score (nSPS) is 22.7. The molecular weight excluding hydrogens is 310 g/mol.